The maximum atomic E-state index is 4.41. The molecule has 0 spiro atoms. The molecule has 0 aliphatic heterocycles. The summed E-state index contributed by atoms with van der Waals surface area (Å²) in [6, 6.07) is 0. The minimum absolute atomic E-state index is 0.761. The zero-order valence-electron chi connectivity index (χ0n) is 10.4. The number of nitrogens with one attached hydrogen (secondary N) is 1. The molecular formula is C12H13BrN6. The summed E-state index contributed by atoms with van der Waals surface area (Å²) in [4.78, 5) is 13.0. The first-order valence-corrected chi connectivity index (χ1v) is 6.72. The molecule has 0 radical (unpaired) electrons. The Morgan fingerprint density at radius 1 is 1.26 bits per heavy atom. The number of hydrogen-bond acceptors (Lipinski definition) is 4. The molecule has 0 fully saturated rings. The van der Waals surface area contributed by atoms with Crippen molar-refractivity contribution in [3.8, 4) is 0 Å². The summed E-state index contributed by atoms with van der Waals surface area (Å²) in [7, 11) is 1.99. The third-order valence-electron chi connectivity index (χ3n) is 2.91. The van der Waals surface area contributed by atoms with Crippen molar-refractivity contribution in [3.63, 3.8) is 0 Å². The van der Waals surface area contributed by atoms with Crippen LogP contribution >= 0.6 is 15.9 Å². The van der Waals surface area contributed by atoms with Gasteiger partial charge in [-0.1, -0.05) is 0 Å². The van der Waals surface area contributed by atoms with E-state index in [-0.39, 0.29) is 0 Å². The number of halogens is 1. The molecule has 0 bridgehead atoms. The standard InChI is InChI=1S/C12H13BrN6/c1-18-6-4-14-10(18)2-3-15-11-12-16-5-7-19(12)8-9(13)17-11/h4-8H,2-3H2,1H3,(H,15,17). The molecule has 3 rings (SSSR count). The van der Waals surface area contributed by atoms with Gasteiger partial charge in [0.15, 0.2) is 11.5 Å². The van der Waals surface area contributed by atoms with Crippen molar-refractivity contribution >= 4 is 27.4 Å². The van der Waals surface area contributed by atoms with Gasteiger partial charge in [0.2, 0.25) is 0 Å². The SMILES string of the molecule is Cn1ccnc1CCNc1nc(Br)cn2ccnc12. The second-order valence-corrected chi connectivity index (χ2v) is 5.01. The van der Waals surface area contributed by atoms with Crippen LogP contribution < -0.4 is 5.32 Å². The molecule has 0 amide bonds. The Morgan fingerprint density at radius 3 is 2.89 bits per heavy atom. The molecule has 0 aliphatic rings. The quantitative estimate of drug-likeness (QED) is 0.797. The lowest BCUT2D eigenvalue weighted by Crippen LogP contribution is -2.10. The van der Waals surface area contributed by atoms with E-state index >= 15 is 0 Å². The van der Waals surface area contributed by atoms with Crippen LogP contribution in [0.15, 0.2) is 35.6 Å². The van der Waals surface area contributed by atoms with Gasteiger partial charge >= 0.3 is 0 Å². The monoisotopic (exact) mass is 320 g/mol. The van der Waals surface area contributed by atoms with Crippen LogP contribution in [0, 0.1) is 0 Å². The van der Waals surface area contributed by atoms with E-state index in [9.17, 15) is 0 Å². The lowest BCUT2D eigenvalue weighted by atomic mass is 10.4. The highest BCUT2D eigenvalue weighted by Gasteiger charge is 2.06. The Labute approximate surface area is 118 Å². The van der Waals surface area contributed by atoms with Crippen molar-refractivity contribution < 1.29 is 0 Å². The molecule has 1 N–H and O–H groups in total. The Kier molecular flexibility index (Phi) is 3.20. The average molecular weight is 321 g/mol. The van der Waals surface area contributed by atoms with Gasteiger partial charge in [-0.15, -0.1) is 0 Å². The van der Waals surface area contributed by atoms with Gasteiger partial charge < -0.3 is 14.3 Å². The first-order chi connectivity index (χ1) is 9.24. The van der Waals surface area contributed by atoms with E-state index in [4.69, 9.17) is 0 Å². The molecular weight excluding hydrogens is 308 g/mol. The van der Waals surface area contributed by atoms with Crippen molar-refractivity contribution in [2.75, 3.05) is 11.9 Å². The van der Waals surface area contributed by atoms with Crippen LogP contribution in [0.25, 0.3) is 5.65 Å². The smallest absolute Gasteiger partial charge is 0.180 e. The van der Waals surface area contributed by atoms with Crippen LogP contribution in [-0.2, 0) is 13.5 Å². The molecule has 19 heavy (non-hydrogen) atoms. The molecule has 0 aliphatic carbocycles. The topological polar surface area (TPSA) is 60.0 Å². The van der Waals surface area contributed by atoms with Gasteiger partial charge in [0.1, 0.15) is 10.4 Å². The lowest BCUT2D eigenvalue weighted by Gasteiger charge is -2.07. The lowest BCUT2D eigenvalue weighted by molar-refractivity contribution is 0.788. The summed E-state index contributed by atoms with van der Waals surface area (Å²) in [6.45, 7) is 0.761. The van der Waals surface area contributed by atoms with Gasteiger partial charge in [0, 0.05) is 51.0 Å². The summed E-state index contributed by atoms with van der Waals surface area (Å²) in [5, 5.41) is 3.30. The molecule has 3 aromatic rings. The number of anilines is 1. The number of hydrogen-bond donors (Lipinski definition) is 1. The van der Waals surface area contributed by atoms with E-state index < -0.39 is 0 Å². The third kappa shape index (κ3) is 2.46. The molecule has 3 aromatic heterocycles. The number of fused-ring (bicyclic) bond motifs is 1. The predicted molar refractivity (Wildman–Crippen MR) is 76.1 cm³/mol. The zero-order chi connectivity index (χ0) is 13.2. The normalized spacial score (nSPS) is 11.1. The van der Waals surface area contributed by atoms with Crippen LogP contribution in [0.2, 0.25) is 0 Å². The van der Waals surface area contributed by atoms with E-state index in [1.54, 1.807) is 12.4 Å². The van der Waals surface area contributed by atoms with Crippen LogP contribution in [-0.4, -0.2) is 30.5 Å². The molecule has 3 heterocycles. The molecule has 0 aromatic carbocycles. The summed E-state index contributed by atoms with van der Waals surface area (Å²) in [5.74, 6) is 1.82. The van der Waals surface area contributed by atoms with Crippen molar-refractivity contribution in [2.45, 2.75) is 6.42 Å². The molecule has 0 unspecified atom stereocenters. The highest BCUT2D eigenvalue weighted by atomic mass is 79.9. The summed E-state index contributed by atoms with van der Waals surface area (Å²) in [6.07, 6.45) is 10.1. The third-order valence-corrected chi connectivity index (χ3v) is 3.29. The second-order valence-electron chi connectivity index (χ2n) is 4.20. The Balaban J connectivity index is 1.75. The molecule has 98 valence electrons. The van der Waals surface area contributed by atoms with E-state index in [0.29, 0.717) is 0 Å². The highest BCUT2D eigenvalue weighted by molar-refractivity contribution is 9.10. The number of aryl methyl sites for hydroxylation is 1. The van der Waals surface area contributed by atoms with Crippen molar-refractivity contribution in [3.05, 3.63) is 41.4 Å². The highest BCUT2D eigenvalue weighted by Crippen LogP contribution is 2.16. The summed E-state index contributed by atoms with van der Waals surface area (Å²) in [5.41, 5.74) is 0.822. The minimum Gasteiger partial charge on any atom is -0.366 e. The van der Waals surface area contributed by atoms with E-state index in [1.807, 2.05) is 34.6 Å². The van der Waals surface area contributed by atoms with E-state index in [2.05, 4.69) is 36.2 Å². The van der Waals surface area contributed by atoms with Crippen molar-refractivity contribution in [1.82, 2.24) is 23.9 Å². The van der Waals surface area contributed by atoms with Crippen LogP contribution in [0.1, 0.15) is 5.82 Å². The maximum absolute atomic E-state index is 4.41. The molecule has 0 saturated heterocycles. The first-order valence-electron chi connectivity index (χ1n) is 5.93. The van der Waals surface area contributed by atoms with Crippen LogP contribution in [0.5, 0.6) is 0 Å². The van der Waals surface area contributed by atoms with Gasteiger partial charge in [-0.05, 0) is 15.9 Å². The van der Waals surface area contributed by atoms with Crippen LogP contribution in [0.3, 0.4) is 0 Å². The number of imidazole rings is 2. The maximum Gasteiger partial charge on any atom is 0.180 e. The number of rotatable bonds is 4. The van der Waals surface area contributed by atoms with Gasteiger partial charge in [-0.2, -0.15) is 0 Å². The zero-order valence-corrected chi connectivity index (χ0v) is 12.0. The Morgan fingerprint density at radius 2 is 2.11 bits per heavy atom. The van der Waals surface area contributed by atoms with E-state index in [0.717, 1.165) is 34.9 Å². The Bertz CT molecular complexity index is 701. The van der Waals surface area contributed by atoms with E-state index in [1.165, 1.54) is 0 Å². The van der Waals surface area contributed by atoms with Gasteiger partial charge in [0.25, 0.3) is 0 Å². The first kappa shape index (κ1) is 12.2. The molecule has 0 saturated carbocycles. The summed E-state index contributed by atoms with van der Waals surface area (Å²) < 4.78 is 4.72. The number of nitrogens with zero attached hydrogens (tertiary/aromatic N) is 5. The Hall–Kier alpha value is -1.89. The van der Waals surface area contributed by atoms with Crippen molar-refractivity contribution in [2.24, 2.45) is 7.05 Å². The van der Waals surface area contributed by atoms with Crippen LogP contribution in [0.4, 0.5) is 5.82 Å². The fourth-order valence-electron chi connectivity index (χ4n) is 1.95. The largest absolute Gasteiger partial charge is 0.366 e. The van der Waals surface area contributed by atoms with Crippen molar-refractivity contribution in [1.29, 1.82) is 0 Å². The fraction of sp³-hybridized carbons (Fsp3) is 0.250. The van der Waals surface area contributed by atoms with Gasteiger partial charge in [0.05, 0.1) is 0 Å². The predicted octanol–water partition coefficient (Wildman–Crippen LogP) is 1.88. The van der Waals surface area contributed by atoms with Gasteiger partial charge in [-0.25, -0.2) is 15.0 Å². The number of aromatic nitrogens is 5. The minimum atomic E-state index is 0.761. The summed E-state index contributed by atoms with van der Waals surface area (Å²) >= 11 is 3.39. The van der Waals surface area contributed by atoms with Gasteiger partial charge in [-0.3, -0.25) is 0 Å². The molecule has 7 heteroatoms. The average Bonchev–Trinajstić information content (AvgIpc) is 2.98. The second kappa shape index (κ2) is 5.00. The fourth-order valence-corrected chi connectivity index (χ4v) is 2.35. The molecule has 6 nitrogen and oxygen atoms in total. The molecule has 0 atom stereocenters.